The van der Waals surface area contributed by atoms with Crippen LogP contribution in [0.15, 0.2) is 42.5 Å². The highest BCUT2D eigenvalue weighted by molar-refractivity contribution is 6.08. The van der Waals surface area contributed by atoms with Crippen molar-refractivity contribution in [3.05, 3.63) is 48.0 Å². The molecule has 0 aliphatic heterocycles. The van der Waals surface area contributed by atoms with E-state index in [-0.39, 0.29) is 0 Å². The Balaban J connectivity index is 2.20. The number of para-hydroxylation sites is 1. The highest BCUT2D eigenvalue weighted by Crippen LogP contribution is 2.30. The van der Waals surface area contributed by atoms with Crippen molar-refractivity contribution < 1.29 is 4.79 Å². The topological polar surface area (TPSA) is 22.0 Å². The Morgan fingerprint density at radius 1 is 1.05 bits per heavy atom. The normalized spacial score (nSPS) is 11.6. The van der Waals surface area contributed by atoms with Gasteiger partial charge in [0.2, 0.25) is 0 Å². The van der Waals surface area contributed by atoms with Crippen LogP contribution in [-0.4, -0.2) is 10.9 Å². The maximum absolute atomic E-state index is 10.8. The number of aromatic nitrogens is 1. The van der Waals surface area contributed by atoms with Crippen LogP contribution in [-0.2, 0) is 17.8 Å². The summed E-state index contributed by atoms with van der Waals surface area (Å²) >= 11 is 0. The summed E-state index contributed by atoms with van der Waals surface area (Å²) in [4.78, 5) is 10.8. The van der Waals surface area contributed by atoms with Crippen molar-refractivity contribution in [2.24, 2.45) is 5.92 Å². The van der Waals surface area contributed by atoms with E-state index in [9.17, 15) is 4.79 Å². The summed E-state index contributed by atoms with van der Waals surface area (Å²) < 4.78 is 2.41. The zero-order chi connectivity index (χ0) is 14.8. The average Bonchev–Trinajstić information content (AvgIpc) is 2.79. The SMILES string of the molecule is CC(C)CCn1c2ccccc2c2cc(CC=O)ccc21. The van der Waals surface area contributed by atoms with E-state index < -0.39 is 0 Å². The fourth-order valence-electron chi connectivity index (χ4n) is 2.95. The quantitative estimate of drug-likeness (QED) is 0.626. The van der Waals surface area contributed by atoms with Gasteiger partial charge in [0, 0.05) is 34.8 Å². The molecule has 0 fully saturated rings. The second-order valence-electron chi connectivity index (χ2n) is 6.07. The Hall–Kier alpha value is -2.09. The van der Waals surface area contributed by atoms with E-state index in [1.165, 1.54) is 28.2 Å². The summed E-state index contributed by atoms with van der Waals surface area (Å²) in [5.74, 6) is 0.690. The van der Waals surface area contributed by atoms with Crippen LogP contribution in [0.25, 0.3) is 21.8 Å². The van der Waals surface area contributed by atoms with Gasteiger partial charge in [0.15, 0.2) is 0 Å². The average molecular weight is 279 g/mol. The molecule has 0 atom stereocenters. The number of aldehydes is 1. The van der Waals surface area contributed by atoms with Crippen molar-refractivity contribution in [3.8, 4) is 0 Å². The number of hydrogen-bond donors (Lipinski definition) is 0. The van der Waals surface area contributed by atoms with Crippen LogP contribution < -0.4 is 0 Å². The molecule has 0 aliphatic carbocycles. The van der Waals surface area contributed by atoms with E-state index in [4.69, 9.17) is 0 Å². The fraction of sp³-hybridized carbons (Fsp3) is 0.316. The maximum Gasteiger partial charge on any atom is 0.124 e. The third-order valence-corrected chi connectivity index (χ3v) is 4.09. The van der Waals surface area contributed by atoms with Gasteiger partial charge in [-0.25, -0.2) is 0 Å². The molecule has 0 bridgehead atoms. The van der Waals surface area contributed by atoms with E-state index in [2.05, 4.69) is 60.9 Å². The molecule has 108 valence electrons. The van der Waals surface area contributed by atoms with Gasteiger partial charge in [-0.15, -0.1) is 0 Å². The second-order valence-corrected chi connectivity index (χ2v) is 6.07. The summed E-state index contributed by atoms with van der Waals surface area (Å²) in [5, 5.41) is 2.54. The molecule has 0 radical (unpaired) electrons. The molecule has 0 aliphatic rings. The summed E-state index contributed by atoms with van der Waals surface area (Å²) in [6.45, 7) is 5.56. The van der Waals surface area contributed by atoms with Crippen LogP contribution in [0.3, 0.4) is 0 Å². The lowest BCUT2D eigenvalue weighted by molar-refractivity contribution is -0.107. The van der Waals surface area contributed by atoms with Crippen LogP contribution >= 0.6 is 0 Å². The van der Waals surface area contributed by atoms with Crippen molar-refractivity contribution in [1.29, 1.82) is 0 Å². The van der Waals surface area contributed by atoms with E-state index in [0.29, 0.717) is 12.3 Å². The van der Waals surface area contributed by atoms with Gasteiger partial charge < -0.3 is 9.36 Å². The number of hydrogen-bond acceptors (Lipinski definition) is 1. The molecule has 2 heteroatoms. The first-order valence-corrected chi connectivity index (χ1v) is 7.64. The first kappa shape index (κ1) is 13.9. The number of carbonyl (C=O) groups excluding carboxylic acids is 1. The molecule has 0 spiro atoms. The van der Waals surface area contributed by atoms with E-state index in [1.807, 2.05) is 0 Å². The predicted molar refractivity (Wildman–Crippen MR) is 88.7 cm³/mol. The van der Waals surface area contributed by atoms with Gasteiger partial charge >= 0.3 is 0 Å². The van der Waals surface area contributed by atoms with Gasteiger partial charge in [0.25, 0.3) is 0 Å². The Kier molecular flexibility index (Phi) is 3.78. The highest BCUT2D eigenvalue weighted by Gasteiger charge is 2.11. The lowest BCUT2D eigenvalue weighted by Crippen LogP contribution is -2.01. The minimum Gasteiger partial charge on any atom is -0.340 e. The lowest BCUT2D eigenvalue weighted by atomic mass is 10.1. The molecular formula is C19H21NO. The maximum atomic E-state index is 10.8. The van der Waals surface area contributed by atoms with Crippen molar-refractivity contribution in [2.45, 2.75) is 33.2 Å². The third kappa shape index (κ3) is 2.58. The molecule has 21 heavy (non-hydrogen) atoms. The van der Waals surface area contributed by atoms with Gasteiger partial charge in [-0.1, -0.05) is 38.1 Å². The van der Waals surface area contributed by atoms with Gasteiger partial charge in [-0.05, 0) is 36.1 Å². The van der Waals surface area contributed by atoms with Crippen molar-refractivity contribution in [3.63, 3.8) is 0 Å². The molecule has 2 nitrogen and oxygen atoms in total. The largest absolute Gasteiger partial charge is 0.340 e. The molecule has 3 aromatic rings. The smallest absolute Gasteiger partial charge is 0.124 e. The number of carbonyl (C=O) groups is 1. The minimum absolute atomic E-state index is 0.488. The molecule has 0 unspecified atom stereocenters. The first-order valence-electron chi connectivity index (χ1n) is 7.64. The van der Waals surface area contributed by atoms with Crippen LogP contribution in [0.5, 0.6) is 0 Å². The van der Waals surface area contributed by atoms with Gasteiger partial charge in [-0.3, -0.25) is 0 Å². The van der Waals surface area contributed by atoms with Crippen molar-refractivity contribution in [1.82, 2.24) is 4.57 Å². The monoisotopic (exact) mass is 279 g/mol. The van der Waals surface area contributed by atoms with Crippen LogP contribution in [0.2, 0.25) is 0 Å². The number of fused-ring (bicyclic) bond motifs is 3. The molecule has 2 aromatic carbocycles. The highest BCUT2D eigenvalue weighted by atomic mass is 16.1. The molecule has 1 heterocycles. The Morgan fingerprint density at radius 2 is 1.81 bits per heavy atom. The van der Waals surface area contributed by atoms with Crippen molar-refractivity contribution in [2.75, 3.05) is 0 Å². The molecule has 0 saturated heterocycles. The molecule has 3 rings (SSSR count). The Morgan fingerprint density at radius 3 is 2.57 bits per heavy atom. The zero-order valence-corrected chi connectivity index (χ0v) is 12.7. The summed E-state index contributed by atoms with van der Waals surface area (Å²) in [6.07, 6.45) is 2.63. The minimum atomic E-state index is 0.488. The molecule has 0 saturated carbocycles. The number of benzene rings is 2. The summed E-state index contributed by atoms with van der Waals surface area (Å²) in [6, 6.07) is 14.9. The second kappa shape index (κ2) is 5.72. The van der Waals surface area contributed by atoms with E-state index in [0.717, 1.165) is 18.4 Å². The third-order valence-electron chi connectivity index (χ3n) is 4.09. The molecule has 0 amide bonds. The van der Waals surface area contributed by atoms with Gasteiger partial charge in [0.1, 0.15) is 6.29 Å². The summed E-state index contributed by atoms with van der Waals surface area (Å²) in [7, 11) is 0. The lowest BCUT2D eigenvalue weighted by Gasteiger charge is -2.09. The standard InChI is InChI=1S/C19H21NO/c1-14(2)9-11-20-18-6-4-3-5-16(18)17-13-15(10-12-21)7-8-19(17)20/h3-8,12-14H,9-11H2,1-2H3. The zero-order valence-electron chi connectivity index (χ0n) is 12.7. The number of rotatable bonds is 5. The Labute approximate surface area is 125 Å². The fourth-order valence-corrected chi connectivity index (χ4v) is 2.95. The molecular weight excluding hydrogens is 258 g/mol. The molecule has 0 N–H and O–H groups in total. The summed E-state index contributed by atoms with van der Waals surface area (Å²) in [5.41, 5.74) is 3.65. The van der Waals surface area contributed by atoms with Crippen molar-refractivity contribution >= 4 is 28.1 Å². The first-order chi connectivity index (χ1) is 10.2. The van der Waals surface area contributed by atoms with Gasteiger partial charge in [-0.2, -0.15) is 0 Å². The van der Waals surface area contributed by atoms with E-state index >= 15 is 0 Å². The van der Waals surface area contributed by atoms with E-state index in [1.54, 1.807) is 0 Å². The predicted octanol–water partition coefficient (Wildman–Crippen LogP) is 4.58. The van der Waals surface area contributed by atoms with Gasteiger partial charge in [0.05, 0.1) is 0 Å². The van der Waals surface area contributed by atoms with Crippen LogP contribution in [0.4, 0.5) is 0 Å². The van der Waals surface area contributed by atoms with Crippen LogP contribution in [0.1, 0.15) is 25.8 Å². The number of nitrogens with zero attached hydrogens (tertiary/aromatic N) is 1. The Bertz CT molecular complexity index is 783. The molecule has 1 aromatic heterocycles. The number of aryl methyl sites for hydroxylation is 1. The van der Waals surface area contributed by atoms with Crippen LogP contribution in [0, 0.1) is 5.92 Å².